The third-order valence-corrected chi connectivity index (χ3v) is 3.54. The van der Waals surface area contributed by atoms with Crippen LogP contribution in [0.4, 0.5) is 13.2 Å². The van der Waals surface area contributed by atoms with Gasteiger partial charge >= 0.3 is 6.18 Å². The van der Waals surface area contributed by atoms with E-state index in [2.05, 4.69) is 0 Å². The van der Waals surface area contributed by atoms with Crippen molar-refractivity contribution in [1.29, 1.82) is 0 Å². The highest BCUT2D eigenvalue weighted by molar-refractivity contribution is 7.91. The van der Waals surface area contributed by atoms with Crippen LogP contribution in [0, 0.1) is 0 Å². The maximum absolute atomic E-state index is 11.8. The smallest absolute Gasteiger partial charge is 0.384 e. The molecule has 0 aromatic carbocycles. The van der Waals surface area contributed by atoms with Gasteiger partial charge in [0.1, 0.15) is 15.9 Å². The fourth-order valence-electron chi connectivity index (χ4n) is 0.805. The lowest BCUT2D eigenvalue weighted by Gasteiger charge is -2.13. The molecule has 0 aliphatic rings. The molecule has 0 saturated heterocycles. The lowest BCUT2D eigenvalue weighted by molar-refractivity contribution is -0.205. The minimum Gasteiger partial charge on any atom is -0.384 e. The summed E-state index contributed by atoms with van der Waals surface area (Å²) < 4.78 is 57.0. The van der Waals surface area contributed by atoms with Crippen LogP contribution in [0.3, 0.4) is 0 Å². The van der Waals surface area contributed by atoms with Gasteiger partial charge in [0.25, 0.3) is 0 Å². The number of alkyl halides is 3. The summed E-state index contributed by atoms with van der Waals surface area (Å²) in [6.45, 7) is 1.43. The first-order chi connectivity index (χ1) is 6.19. The molecule has 0 bridgehead atoms. The molecule has 0 aliphatic carbocycles. The molecular formula is C7H13F3O3S. The maximum atomic E-state index is 11.8. The van der Waals surface area contributed by atoms with Crippen LogP contribution in [0.5, 0.6) is 0 Å². The Morgan fingerprint density at radius 3 is 2.21 bits per heavy atom. The molecule has 0 aromatic rings. The first-order valence-corrected chi connectivity index (χ1v) is 5.96. The van der Waals surface area contributed by atoms with Crippen LogP contribution in [0.2, 0.25) is 0 Å². The van der Waals surface area contributed by atoms with E-state index in [1.165, 1.54) is 6.92 Å². The van der Waals surface area contributed by atoms with Crippen LogP contribution in [-0.4, -0.2) is 37.3 Å². The largest absolute Gasteiger partial charge is 0.414 e. The third-order valence-electron chi connectivity index (χ3n) is 1.75. The molecule has 86 valence electrons. The molecule has 1 N–H and O–H groups in total. The number of sulfone groups is 1. The number of rotatable bonds is 5. The van der Waals surface area contributed by atoms with Crippen molar-refractivity contribution >= 4 is 9.84 Å². The highest BCUT2D eigenvalue weighted by atomic mass is 32.2. The van der Waals surface area contributed by atoms with Crippen LogP contribution in [0.1, 0.15) is 19.8 Å². The van der Waals surface area contributed by atoms with Gasteiger partial charge in [-0.1, -0.05) is 6.92 Å². The minimum absolute atomic E-state index is 0.0882. The van der Waals surface area contributed by atoms with Gasteiger partial charge in [0.2, 0.25) is 0 Å². The van der Waals surface area contributed by atoms with Crippen molar-refractivity contribution in [3.05, 3.63) is 0 Å². The lowest BCUT2D eigenvalue weighted by atomic mass is 10.2. The molecule has 0 radical (unpaired) electrons. The molecule has 0 rings (SSSR count). The summed E-state index contributed by atoms with van der Waals surface area (Å²) in [7, 11) is -3.24. The van der Waals surface area contributed by atoms with Gasteiger partial charge in [0.15, 0.2) is 0 Å². The first-order valence-electron chi connectivity index (χ1n) is 4.14. The number of hydrogen-bond acceptors (Lipinski definition) is 3. The van der Waals surface area contributed by atoms with Crippen LogP contribution in [0.15, 0.2) is 0 Å². The summed E-state index contributed by atoms with van der Waals surface area (Å²) >= 11 is 0. The average molecular weight is 234 g/mol. The second-order valence-electron chi connectivity index (χ2n) is 2.94. The van der Waals surface area contributed by atoms with Crippen molar-refractivity contribution in [3.8, 4) is 0 Å². The monoisotopic (exact) mass is 234 g/mol. The Morgan fingerprint density at radius 2 is 1.86 bits per heavy atom. The number of halogens is 3. The molecule has 0 amide bonds. The molecule has 3 nitrogen and oxygen atoms in total. The summed E-state index contributed by atoms with van der Waals surface area (Å²) in [4.78, 5) is 0. The normalized spacial score (nSPS) is 15.5. The summed E-state index contributed by atoms with van der Waals surface area (Å²) in [6, 6.07) is 0. The topological polar surface area (TPSA) is 54.4 Å². The fraction of sp³-hybridized carbons (Fsp3) is 1.00. The predicted molar refractivity (Wildman–Crippen MR) is 45.6 cm³/mol. The minimum atomic E-state index is -4.66. The predicted octanol–water partition coefficient (Wildman–Crippen LogP) is 1.12. The van der Waals surface area contributed by atoms with Crippen LogP contribution >= 0.6 is 0 Å². The van der Waals surface area contributed by atoms with Gasteiger partial charge in [-0.15, -0.1) is 0 Å². The van der Waals surface area contributed by atoms with E-state index in [4.69, 9.17) is 5.11 Å². The van der Waals surface area contributed by atoms with Crippen molar-refractivity contribution in [3.63, 3.8) is 0 Å². The molecule has 0 unspecified atom stereocenters. The molecule has 14 heavy (non-hydrogen) atoms. The van der Waals surface area contributed by atoms with Crippen molar-refractivity contribution in [2.45, 2.75) is 32.0 Å². The van der Waals surface area contributed by atoms with Crippen LogP contribution in [0.25, 0.3) is 0 Å². The Bertz CT molecular complexity index is 258. The number of aliphatic hydroxyl groups is 1. The van der Waals surface area contributed by atoms with E-state index < -0.39 is 28.5 Å². The molecule has 0 spiro atoms. The van der Waals surface area contributed by atoms with Crippen molar-refractivity contribution in [2.24, 2.45) is 0 Å². The quantitative estimate of drug-likeness (QED) is 0.775. The van der Waals surface area contributed by atoms with Crippen molar-refractivity contribution < 1.29 is 26.7 Å². The molecule has 0 fully saturated rings. The second kappa shape index (κ2) is 4.97. The van der Waals surface area contributed by atoms with Crippen molar-refractivity contribution in [1.82, 2.24) is 0 Å². The summed E-state index contributed by atoms with van der Waals surface area (Å²) in [6.07, 6.45) is -7.82. The summed E-state index contributed by atoms with van der Waals surface area (Å²) in [5.41, 5.74) is 0. The van der Waals surface area contributed by atoms with Crippen LogP contribution in [-0.2, 0) is 9.84 Å². The lowest BCUT2D eigenvalue weighted by Crippen LogP contribution is -2.28. The second-order valence-corrected chi connectivity index (χ2v) is 5.41. The summed E-state index contributed by atoms with van der Waals surface area (Å²) in [5, 5.41) is 8.54. The number of hydrogen-bond donors (Lipinski definition) is 1. The Balaban J connectivity index is 3.87. The van der Waals surface area contributed by atoms with Gasteiger partial charge in [-0.05, 0) is 12.8 Å². The third kappa shape index (κ3) is 5.43. The molecule has 1 atom stereocenters. The molecule has 7 heteroatoms. The van der Waals surface area contributed by atoms with E-state index >= 15 is 0 Å². The SMILES string of the molecule is CCS(=O)(=O)CCC[C@@H](O)C(F)(F)F. The highest BCUT2D eigenvalue weighted by Crippen LogP contribution is 2.23. The Hall–Kier alpha value is -0.300. The molecule has 0 saturated carbocycles. The zero-order chi connectivity index (χ0) is 11.4. The van der Waals surface area contributed by atoms with E-state index in [0.717, 1.165) is 0 Å². The first kappa shape index (κ1) is 13.7. The van der Waals surface area contributed by atoms with E-state index in [1.54, 1.807) is 0 Å². The zero-order valence-electron chi connectivity index (χ0n) is 7.71. The molecular weight excluding hydrogens is 221 g/mol. The Labute approximate surface area is 80.8 Å². The van der Waals surface area contributed by atoms with E-state index in [0.29, 0.717) is 0 Å². The fourth-order valence-corrected chi connectivity index (χ4v) is 1.70. The molecule has 0 heterocycles. The van der Waals surface area contributed by atoms with Crippen molar-refractivity contribution in [2.75, 3.05) is 11.5 Å². The van der Waals surface area contributed by atoms with Gasteiger partial charge in [-0.2, -0.15) is 13.2 Å². The maximum Gasteiger partial charge on any atom is 0.414 e. The van der Waals surface area contributed by atoms with Gasteiger partial charge in [0, 0.05) is 5.75 Å². The number of aliphatic hydroxyl groups excluding tert-OH is 1. The standard InChI is InChI=1S/C7H13F3O3S/c1-2-14(12,13)5-3-4-6(11)7(8,9)10/h6,11H,2-5H2,1H3/t6-/m1/s1. The summed E-state index contributed by atoms with van der Waals surface area (Å²) in [5.74, 6) is -0.397. The van der Waals surface area contributed by atoms with E-state index in [9.17, 15) is 21.6 Å². The van der Waals surface area contributed by atoms with Gasteiger partial charge in [0.05, 0.1) is 5.75 Å². The van der Waals surface area contributed by atoms with Gasteiger partial charge in [-0.3, -0.25) is 0 Å². The average Bonchev–Trinajstić information content (AvgIpc) is 2.02. The Morgan fingerprint density at radius 1 is 1.36 bits per heavy atom. The van der Waals surface area contributed by atoms with E-state index in [1.807, 2.05) is 0 Å². The highest BCUT2D eigenvalue weighted by Gasteiger charge is 2.37. The van der Waals surface area contributed by atoms with E-state index in [-0.39, 0.29) is 17.9 Å². The van der Waals surface area contributed by atoms with Gasteiger partial charge in [-0.25, -0.2) is 8.42 Å². The Kier molecular flexibility index (Phi) is 4.87. The molecule has 0 aliphatic heterocycles. The van der Waals surface area contributed by atoms with Gasteiger partial charge < -0.3 is 5.11 Å². The molecule has 0 aromatic heterocycles. The zero-order valence-corrected chi connectivity index (χ0v) is 8.53. The van der Waals surface area contributed by atoms with Crippen LogP contribution < -0.4 is 0 Å².